The van der Waals surface area contributed by atoms with E-state index in [0.29, 0.717) is 0 Å². The molecule has 0 aromatic carbocycles. The Labute approximate surface area is 68.9 Å². The topological polar surface area (TPSA) is 134 Å². The first-order valence-electron chi connectivity index (χ1n) is 2.34. The second-order valence-corrected chi connectivity index (χ2v) is 5.74. The van der Waals surface area contributed by atoms with Gasteiger partial charge in [0.1, 0.15) is 0 Å². The summed E-state index contributed by atoms with van der Waals surface area (Å²) in [6.45, 7) is 1.04. The first-order chi connectivity index (χ1) is 5.12. The first-order valence-corrected chi connectivity index (χ1v) is 7.03. The van der Waals surface area contributed by atoms with E-state index in [1.54, 1.807) is 0 Å². The summed E-state index contributed by atoms with van der Waals surface area (Å²) in [5.74, 6) is 0. The fraction of sp³-hybridized carbons (Fsp3) is 1.00. The second-order valence-electron chi connectivity index (χ2n) is 1.59. The van der Waals surface area contributed by atoms with Crippen molar-refractivity contribution in [2.45, 2.75) is 0 Å². The molecular weight excluding hydrogens is 233 g/mol. The van der Waals surface area contributed by atoms with Crippen LogP contribution in [0.5, 0.6) is 0 Å². The van der Waals surface area contributed by atoms with E-state index in [4.69, 9.17) is 19.6 Å². The molecule has 0 saturated heterocycles. The van der Waals surface area contributed by atoms with E-state index >= 15 is 0 Å². The molecule has 0 aromatic rings. The third-order valence-corrected chi connectivity index (χ3v) is 3.88. The van der Waals surface area contributed by atoms with E-state index in [2.05, 4.69) is 8.62 Å². The molecule has 0 aromatic heterocycles. The van der Waals surface area contributed by atoms with Gasteiger partial charge in [-0.2, -0.15) is 4.31 Å². The molecule has 0 saturated carbocycles. The molecule has 0 spiro atoms. The van der Waals surface area contributed by atoms with Gasteiger partial charge in [-0.1, -0.05) is 0 Å². The van der Waals surface area contributed by atoms with Gasteiger partial charge in [-0.25, -0.2) is 13.4 Å². The maximum atomic E-state index is 10.5. The second kappa shape index (κ2) is 4.24. The predicted octanol–water partition coefficient (Wildman–Crippen LogP) is 0.147. The van der Waals surface area contributed by atoms with Crippen molar-refractivity contribution in [2.75, 3.05) is 6.66 Å². The summed E-state index contributed by atoms with van der Waals surface area (Å²) >= 11 is 0. The molecule has 0 fully saturated rings. The number of hydrogen-bond acceptors (Lipinski definition) is 5. The van der Waals surface area contributed by atoms with Crippen molar-refractivity contribution in [2.24, 2.45) is 0 Å². The Morgan fingerprint density at radius 2 is 1.67 bits per heavy atom. The zero-order valence-corrected chi connectivity index (χ0v) is 8.45. The summed E-state index contributed by atoms with van der Waals surface area (Å²) in [6.07, 6.45) is 0. The molecule has 0 rings (SSSR count). The zero-order chi connectivity index (χ0) is 9.99. The Morgan fingerprint density at radius 1 is 1.25 bits per heavy atom. The first kappa shape index (κ1) is 12.7. The van der Waals surface area contributed by atoms with Crippen LogP contribution < -0.4 is 0 Å². The maximum absolute atomic E-state index is 10.5. The molecule has 0 aliphatic heterocycles. The van der Waals surface area contributed by atoms with Crippen molar-refractivity contribution >= 4 is 24.0 Å². The monoisotopic (exact) mass is 240 g/mol. The summed E-state index contributed by atoms with van der Waals surface area (Å²) in [5.41, 5.74) is 0. The van der Waals surface area contributed by atoms with Crippen LogP contribution in [0.1, 0.15) is 0 Å². The van der Waals surface area contributed by atoms with Gasteiger partial charge in [-0.05, 0) is 0 Å². The average molecular weight is 240 g/mol. The van der Waals surface area contributed by atoms with Crippen LogP contribution >= 0.6 is 24.0 Å². The fourth-order valence-corrected chi connectivity index (χ4v) is 2.96. The minimum atomic E-state index is -5.08. The van der Waals surface area contributed by atoms with Gasteiger partial charge in [0.05, 0.1) is 0 Å². The number of phosphoric acid groups is 2. The Hall–Kier alpha value is 0.650. The lowest BCUT2D eigenvalue weighted by Crippen LogP contribution is -1.89. The Bertz CT molecular complexity index is 226. The van der Waals surface area contributed by atoms with Gasteiger partial charge in [0.15, 0.2) is 8.38 Å². The fourth-order valence-electron chi connectivity index (χ4n) is 0.299. The highest BCUT2D eigenvalue weighted by molar-refractivity contribution is 7.66. The molecule has 0 bridgehead atoms. The van der Waals surface area contributed by atoms with Crippen molar-refractivity contribution in [3.05, 3.63) is 0 Å². The summed E-state index contributed by atoms with van der Waals surface area (Å²) in [5, 5.41) is 0. The molecule has 0 aliphatic rings. The van der Waals surface area contributed by atoms with Crippen molar-refractivity contribution in [1.29, 1.82) is 0 Å². The maximum Gasteiger partial charge on any atom is 0.486 e. The molecule has 2 atom stereocenters. The van der Waals surface area contributed by atoms with Crippen molar-refractivity contribution in [3.8, 4) is 0 Å². The minimum absolute atomic E-state index is 1.04. The molecule has 0 heterocycles. The average Bonchev–Trinajstić information content (AvgIpc) is 1.48. The van der Waals surface area contributed by atoms with E-state index in [0.717, 1.165) is 6.66 Å². The van der Waals surface area contributed by atoms with Crippen LogP contribution in [-0.2, 0) is 17.8 Å². The quantitative estimate of drug-likeness (QED) is 0.510. The number of hydrogen-bond donors (Lipinski definition) is 4. The van der Waals surface area contributed by atoms with Gasteiger partial charge in [-0.15, -0.1) is 0 Å². The van der Waals surface area contributed by atoms with Gasteiger partial charge >= 0.3 is 15.6 Å². The lowest BCUT2D eigenvalue weighted by molar-refractivity contribution is 0.230. The van der Waals surface area contributed by atoms with Crippen molar-refractivity contribution in [1.82, 2.24) is 0 Å². The van der Waals surface area contributed by atoms with Crippen molar-refractivity contribution < 1.29 is 37.3 Å². The Morgan fingerprint density at radius 3 is 1.92 bits per heavy atom. The van der Waals surface area contributed by atoms with E-state index < -0.39 is 24.0 Å². The minimum Gasteiger partial charge on any atom is -0.350 e. The normalized spacial score (nSPS) is 20.1. The Balaban J connectivity index is 4.25. The molecule has 0 aliphatic carbocycles. The summed E-state index contributed by atoms with van der Waals surface area (Å²) in [7, 11) is -12.2. The summed E-state index contributed by atoms with van der Waals surface area (Å²) < 4.78 is 27.7. The molecule has 8 nitrogen and oxygen atoms in total. The van der Waals surface area contributed by atoms with E-state index in [9.17, 15) is 9.13 Å². The third-order valence-electron chi connectivity index (χ3n) is 0.431. The van der Waals surface area contributed by atoms with Gasteiger partial charge in [-0.3, -0.25) is 0 Å². The molecule has 0 amide bonds. The third kappa shape index (κ3) is 7.31. The summed E-state index contributed by atoms with van der Waals surface area (Å²) in [6, 6.07) is 0. The molecule has 4 N–H and O–H groups in total. The SMILES string of the molecule is CP(O)OP(=O)(O)OP(=O)(O)O. The van der Waals surface area contributed by atoms with Crippen LogP contribution in [0.15, 0.2) is 0 Å². The smallest absolute Gasteiger partial charge is 0.350 e. The lowest BCUT2D eigenvalue weighted by atomic mass is 12.0. The van der Waals surface area contributed by atoms with Crippen LogP contribution in [0.2, 0.25) is 0 Å². The molecular formula is CH7O8P3. The Kier molecular flexibility index (Phi) is 4.47. The molecule has 11 heteroatoms. The summed E-state index contributed by atoms with van der Waals surface area (Å²) in [4.78, 5) is 33.1. The van der Waals surface area contributed by atoms with Crippen LogP contribution in [0.4, 0.5) is 0 Å². The van der Waals surface area contributed by atoms with Gasteiger partial charge in [0, 0.05) is 6.66 Å². The van der Waals surface area contributed by atoms with E-state index in [1.165, 1.54) is 0 Å². The lowest BCUT2D eigenvalue weighted by Gasteiger charge is -2.12. The standard InChI is InChI=1S/CH7O8P3/c1-10(2)8-12(6,7)9-11(3,4)5/h2H,1H3,(H,6,7)(H2,3,4,5). The predicted molar refractivity (Wildman–Crippen MR) is 39.1 cm³/mol. The van der Waals surface area contributed by atoms with Gasteiger partial charge in [0.25, 0.3) is 0 Å². The largest absolute Gasteiger partial charge is 0.486 e. The van der Waals surface area contributed by atoms with Crippen LogP contribution in [0.25, 0.3) is 0 Å². The zero-order valence-electron chi connectivity index (χ0n) is 5.76. The van der Waals surface area contributed by atoms with Crippen LogP contribution in [0.3, 0.4) is 0 Å². The van der Waals surface area contributed by atoms with Gasteiger partial charge in [0.2, 0.25) is 0 Å². The van der Waals surface area contributed by atoms with Crippen molar-refractivity contribution in [3.63, 3.8) is 0 Å². The molecule has 12 heavy (non-hydrogen) atoms. The highest BCUT2D eigenvalue weighted by Crippen LogP contribution is 2.62. The van der Waals surface area contributed by atoms with E-state index in [1.807, 2.05) is 0 Å². The molecule has 2 unspecified atom stereocenters. The van der Waals surface area contributed by atoms with Crippen LogP contribution in [-0.4, -0.2) is 26.2 Å². The molecule has 0 radical (unpaired) electrons. The van der Waals surface area contributed by atoms with E-state index in [-0.39, 0.29) is 0 Å². The number of rotatable bonds is 4. The van der Waals surface area contributed by atoms with Gasteiger partial charge < -0.3 is 19.6 Å². The highest BCUT2D eigenvalue weighted by atomic mass is 31.3. The highest BCUT2D eigenvalue weighted by Gasteiger charge is 2.33. The molecule has 74 valence electrons. The van der Waals surface area contributed by atoms with Crippen LogP contribution in [0, 0.1) is 0 Å².